The largest absolute Gasteiger partial charge is 0.504 e. The maximum atomic E-state index is 10.1. The first-order valence-electron chi connectivity index (χ1n) is 5.74. The Labute approximate surface area is 109 Å². The Morgan fingerprint density at radius 2 is 1.74 bits per heavy atom. The van der Waals surface area contributed by atoms with E-state index in [4.69, 9.17) is 0 Å². The van der Waals surface area contributed by atoms with E-state index in [1.165, 1.54) is 0 Å². The fourth-order valence-corrected chi connectivity index (χ4v) is 1.72. The highest BCUT2D eigenvalue weighted by molar-refractivity contribution is 5.88. The molecule has 19 heavy (non-hydrogen) atoms. The fraction of sp³-hybridized carbons (Fsp3) is 0. The van der Waals surface area contributed by atoms with E-state index in [-0.39, 0.29) is 5.75 Å². The Bertz CT molecular complexity index is 741. The number of benzene rings is 1. The molecule has 0 aliphatic carbocycles. The first kappa shape index (κ1) is 11.3. The summed E-state index contributed by atoms with van der Waals surface area (Å²) in [5.41, 5.74) is 0.886. The molecule has 0 aliphatic heterocycles. The lowest BCUT2D eigenvalue weighted by atomic mass is 10.2. The summed E-state index contributed by atoms with van der Waals surface area (Å²) in [6, 6.07) is 12.6. The number of phenols is 1. The molecular formula is C14H10N4O. The van der Waals surface area contributed by atoms with Crippen molar-refractivity contribution in [1.82, 2.24) is 9.97 Å². The van der Waals surface area contributed by atoms with Crippen LogP contribution in [0.4, 0.5) is 11.5 Å². The Balaban J connectivity index is 2.02. The van der Waals surface area contributed by atoms with Gasteiger partial charge in [0.2, 0.25) is 0 Å². The maximum Gasteiger partial charge on any atom is 0.174 e. The van der Waals surface area contributed by atoms with Gasteiger partial charge in [-0.2, -0.15) is 0 Å². The second-order valence-electron chi connectivity index (χ2n) is 3.90. The molecule has 0 fully saturated rings. The minimum absolute atomic E-state index is 0.0257. The van der Waals surface area contributed by atoms with Crippen LogP contribution in [0, 0.1) is 0 Å². The molecule has 1 N–H and O–H groups in total. The average molecular weight is 250 g/mol. The number of aromatic hydroxyl groups is 1. The van der Waals surface area contributed by atoms with Crippen LogP contribution in [0.1, 0.15) is 0 Å². The number of hydrogen-bond donors (Lipinski definition) is 1. The molecular weight excluding hydrogens is 240 g/mol. The van der Waals surface area contributed by atoms with Crippen LogP contribution in [0.25, 0.3) is 10.9 Å². The average Bonchev–Trinajstić information content (AvgIpc) is 2.48. The highest BCUT2D eigenvalue weighted by atomic mass is 16.3. The molecule has 2 aromatic heterocycles. The Hall–Kier alpha value is -2.82. The van der Waals surface area contributed by atoms with Gasteiger partial charge in [-0.1, -0.05) is 18.2 Å². The number of hydrogen-bond acceptors (Lipinski definition) is 5. The first-order valence-corrected chi connectivity index (χ1v) is 5.74. The number of aromatic nitrogens is 2. The standard InChI is InChI=1S/C14H10N4O/c19-14-11(17-18-12-5-1-2-8-15-12)7-6-10-4-3-9-16-13(10)14/h1-9,19H. The van der Waals surface area contributed by atoms with Crippen LogP contribution in [-0.2, 0) is 0 Å². The van der Waals surface area contributed by atoms with Crippen molar-refractivity contribution in [2.75, 3.05) is 0 Å². The summed E-state index contributed by atoms with van der Waals surface area (Å²) in [6.45, 7) is 0. The molecule has 0 amide bonds. The molecule has 0 saturated heterocycles. The van der Waals surface area contributed by atoms with Crippen molar-refractivity contribution in [2.45, 2.75) is 0 Å². The lowest BCUT2D eigenvalue weighted by Gasteiger charge is -2.01. The van der Waals surface area contributed by atoms with Crippen LogP contribution in [0.15, 0.2) is 65.1 Å². The molecule has 1 aromatic carbocycles. The Morgan fingerprint density at radius 3 is 2.58 bits per heavy atom. The van der Waals surface area contributed by atoms with Crippen LogP contribution in [0.3, 0.4) is 0 Å². The third-order valence-electron chi connectivity index (χ3n) is 2.64. The molecule has 0 unspecified atom stereocenters. The lowest BCUT2D eigenvalue weighted by Crippen LogP contribution is -1.78. The minimum Gasteiger partial charge on any atom is -0.504 e. The second kappa shape index (κ2) is 4.81. The monoisotopic (exact) mass is 250 g/mol. The van der Waals surface area contributed by atoms with Gasteiger partial charge in [-0.05, 0) is 24.3 Å². The normalized spacial score (nSPS) is 11.2. The van der Waals surface area contributed by atoms with Crippen LogP contribution in [0.5, 0.6) is 5.75 Å². The Kier molecular flexibility index (Phi) is 2.86. The molecule has 0 radical (unpaired) electrons. The van der Waals surface area contributed by atoms with E-state index in [1.807, 2.05) is 24.3 Å². The second-order valence-corrected chi connectivity index (χ2v) is 3.90. The van der Waals surface area contributed by atoms with Crippen molar-refractivity contribution >= 4 is 22.4 Å². The first-order chi connectivity index (χ1) is 9.34. The predicted octanol–water partition coefficient (Wildman–Crippen LogP) is 3.75. The van der Waals surface area contributed by atoms with E-state index in [0.29, 0.717) is 17.0 Å². The molecule has 0 bridgehead atoms. The van der Waals surface area contributed by atoms with Gasteiger partial charge in [0.1, 0.15) is 11.2 Å². The summed E-state index contributed by atoms with van der Waals surface area (Å²) in [7, 11) is 0. The van der Waals surface area contributed by atoms with E-state index < -0.39 is 0 Å². The van der Waals surface area contributed by atoms with Crippen molar-refractivity contribution in [3.05, 3.63) is 54.9 Å². The zero-order valence-corrected chi connectivity index (χ0v) is 9.93. The third-order valence-corrected chi connectivity index (χ3v) is 2.64. The number of nitrogens with zero attached hydrogens (tertiary/aromatic N) is 4. The van der Waals surface area contributed by atoms with E-state index in [2.05, 4.69) is 20.2 Å². The van der Waals surface area contributed by atoms with Crippen molar-refractivity contribution in [2.24, 2.45) is 10.2 Å². The SMILES string of the molecule is Oc1c(N=Nc2ccccn2)ccc2cccnc12. The van der Waals surface area contributed by atoms with Crippen molar-refractivity contribution in [1.29, 1.82) is 0 Å². The van der Waals surface area contributed by atoms with Crippen molar-refractivity contribution < 1.29 is 5.11 Å². The molecule has 0 aliphatic rings. The van der Waals surface area contributed by atoms with Crippen molar-refractivity contribution in [3.63, 3.8) is 0 Å². The summed E-state index contributed by atoms with van der Waals surface area (Å²) in [5, 5.41) is 18.9. The topological polar surface area (TPSA) is 70.7 Å². The number of rotatable bonds is 2. The summed E-state index contributed by atoms with van der Waals surface area (Å²) in [6.07, 6.45) is 3.26. The predicted molar refractivity (Wildman–Crippen MR) is 71.8 cm³/mol. The quantitative estimate of drug-likeness (QED) is 0.704. The Morgan fingerprint density at radius 1 is 0.842 bits per heavy atom. The molecule has 3 aromatic rings. The lowest BCUT2D eigenvalue weighted by molar-refractivity contribution is 0.481. The van der Waals surface area contributed by atoms with Crippen LogP contribution >= 0.6 is 0 Å². The third kappa shape index (κ3) is 2.26. The van der Waals surface area contributed by atoms with Gasteiger partial charge in [-0.25, -0.2) is 4.98 Å². The summed E-state index contributed by atoms with van der Waals surface area (Å²) < 4.78 is 0. The van der Waals surface area contributed by atoms with Crippen LogP contribution < -0.4 is 0 Å². The van der Waals surface area contributed by atoms with E-state index >= 15 is 0 Å². The minimum atomic E-state index is 0.0257. The number of pyridine rings is 2. The van der Waals surface area contributed by atoms with Gasteiger partial charge in [0.15, 0.2) is 11.6 Å². The smallest absolute Gasteiger partial charge is 0.174 e. The number of azo groups is 1. The summed E-state index contributed by atoms with van der Waals surface area (Å²) in [5.74, 6) is 0.515. The highest BCUT2D eigenvalue weighted by Gasteiger charge is 2.06. The van der Waals surface area contributed by atoms with E-state index in [0.717, 1.165) is 5.39 Å². The zero-order valence-electron chi connectivity index (χ0n) is 9.93. The van der Waals surface area contributed by atoms with Crippen LogP contribution in [0.2, 0.25) is 0 Å². The summed E-state index contributed by atoms with van der Waals surface area (Å²) >= 11 is 0. The van der Waals surface area contributed by atoms with Gasteiger partial charge in [0, 0.05) is 17.8 Å². The van der Waals surface area contributed by atoms with Gasteiger partial charge in [-0.15, -0.1) is 10.2 Å². The molecule has 0 saturated carbocycles. The number of fused-ring (bicyclic) bond motifs is 1. The molecule has 5 nitrogen and oxygen atoms in total. The zero-order chi connectivity index (χ0) is 13.1. The van der Waals surface area contributed by atoms with Gasteiger partial charge >= 0.3 is 0 Å². The van der Waals surface area contributed by atoms with Gasteiger partial charge < -0.3 is 5.11 Å². The van der Waals surface area contributed by atoms with Gasteiger partial charge in [-0.3, -0.25) is 4.98 Å². The molecule has 0 spiro atoms. The molecule has 3 rings (SSSR count). The fourth-order valence-electron chi connectivity index (χ4n) is 1.72. The molecule has 2 heterocycles. The molecule has 92 valence electrons. The van der Waals surface area contributed by atoms with Gasteiger partial charge in [0.05, 0.1) is 0 Å². The number of phenolic OH excluding ortho intramolecular Hbond substituents is 1. The van der Waals surface area contributed by atoms with Gasteiger partial charge in [0.25, 0.3) is 0 Å². The maximum absolute atomic E-state index is 10.1. The van der Waals surface area contributed by atoms with E-state index in [1.54, 1.807) is 30.6 Å². The van der Waals surface area contributed by atoms with Crippen molar-refractivity contribution in [3.8, 4) is 5.75 Å². The molecule has 5 heteroatoms. The highest BCUT2D eigenvalue weighted by Crippen LogP contribution is 2.33. The summed E-state index contributed by atoms with van der Waals surface area (Å²) in [4.78, 5) is 8.16. The van der Waals surface area contributed by atoms with E-state index in [9.17, 15) is 5.11 Å². The molecule has 0 atom stereocenters. The van der Waals surface area contributed by atoms with Crippen LogP contribution in [-0.4, -0.2) is 15.1 Å².